The smallest absolute Gasteiger partial charge is 0.249 e. The number of pyridine rings is 1. The van der Waals surface area contributed by atoms with Crippen LogP contribution >= 0.6 is 0 Å². The van der Waals surface area contributed by atoms with E-state index in [1.54, 1.807) is 18.3 Å². The molecule has 0 unspecified atom stereocenters. The van der Waals surface area contributed by atoms with Crippen molar-refractivity contribution in [2.45, 2.75) is 13.5 Å². The topological polar surface area (TPSA) is 68.0 Å². The number of hydrogen-bond donors (Lipinski definition) is 2. The second-order valence-electron chi connectivity index (χ2n) is 4.45. The number of nitrogens with zero attached hydrogens (tertiary/aromatic N) is 1. The maximum absolute atomic E-state index is 11.8. The fourth-order valence-corrected chi connectivity index (χ4v) is 1.72. The van der Waals surface area contributed by atoms with Gasteiger partial charge >= 0.3 is 0 Å². The second-order valence-corrected chi connectivity index (χ2v) is 4.45. The number of carbonyl (C=O) groups is 1. The predicted octanol–water partition coefficient (Wildman–Crippen LogP) is 2.50. The first-order valence-electron chi connectivity index (χ1n) is 6.39. The van der Waals surface area contributed by atoms with Crippen molar-refractivity contribution in [1.29, 1.82) is 0 Å². The third-order valence-electron chi connectivity index (χ3n) is 2.86. The molecule has 0 aliphatic carbocycles. The number of carbonyl (C=O) groups excluding carboxylic acids is 1. The number of amides is 1. The molecule has 2 aromatic rings. The predicted molar refractivity (Wildman–Crippen MR) is 81.0 cm³/mol. The van der Waals surface area contributed by atoms with Gasteiger partial charge in [-0.25, -0.2) is 4.98 Å². The summed E-state index contributed by atoms with van der Waals surface area (Å²) in [5.74, 6) is 0.285. The SMILES string of the molecule is Cc1ccc(/C=C/C(=O)Nc2ncccc2CN)cc1. The number of anilines is 1. The van der Waals surface area contributed by atoms with E-state index in [1.165, 1.54) is 11.6 Å². The van der Waals surface area contributed by atoms with Gasteiger partial charge in [0.2, 0.25) is 5.91 Å². The normalized spacial score (nSPS) is 10.7. The Labute approximate surface area is 118 Å². The lowest BCUT2D eigenvalue weighted by Gasteiger charge is -2.05. The summed E-state index contributed by atoms with van der Waals surface area (Å²) in [4.78, 5) is 16.0. The highest BCUT2D eigenvalue weighted by atomic mass is 16.1. The summed E-state index contributed by atoms with van der Waals surface area (Å²) < 4.78 is 0. The quantitative estimate of drug-likeness (QED) is 0.836. The van der Waals surface area contributed by atoms with Gasteiger partial charge in [0.05, 0.1) is 0 Å². The van der Waals surface area contributed by atoms with E-state index in [2.05, 4.69) is 10.3 Å². The van der Waals surface area contributed by atoms with Crippen LogP contribution in [0.25, 0.3) is 6.08 Å². The van der Waals surface area contributed by atoms with Crippen molar-refractivity contribution < 1.29 is 4.79 Å². The number of nitrogens with one attached hydrogen (secondary N) is 1. The van der Waals surface area contributed by atoms with Gasteiger partial charge in [-0.05, 0) is 24.6 Å². The lowest BCUT2D eigenvalue weighted by atomic mass is 10.1. The molecular formula is C16H17N3O. The molecule has 0 radical (unpaired) electrons. The Kier molecular flexibility index (Phi) is 4.63. The molecule has 0 saturated heterocycles. The Morgan fingerprint density at radius 3 is 2.75 bits per heavy atom. The summed E-state index contributed by atoms with van der Waals surface area (Å²) in [6.45, 7) is 2.36. The van der Waals surface area contributed by atoms with Gasteiger partial charge < -0.3 is 11.1 Å². The number of aryl methyl sites for hydroxylation is 1. The number of nitrogens with two attached hydrogens (primary N) is 1. The Morgan fingerprint density at radius 2 is 2.05 bits per heavy atom. The summed E-state index contributed by atoms with van der Waals surface area (Å²) in [5.41, 5.74) is 8.57. The average molecular weight is 267 g/mol. The van der Waals surface area contributed by atoms with Gasteiger partial charge in [-0.2, -0.15) is 0 Å². The van der Waals surface area contributed by atoms with Crippen molar-refractivity contribution >= 4 is 17.8 Å². The highest BCUT2D eigenvalue weighted by Crippen LogP contribution is 2.10. The molecule has 4 heteroatoms. The fourth-order valence-electron chi connectivity index (χ4n) is 1.72. The van der Waals surface area contributed by atoms with Gasteiger partial charge in [-0.1, -0.05) is 35.9 Å². The van der Waals surface area contributed by atoms with Crippen molar-refractivity contribution in [2.24, 2.45) is 5.73 Å². The van der Waals surface area contributed by atoms with E-state index in [1.807, 2.05) is 37.3 Å². The molecule has 20 heavy (non-hydrogen) atoms. The first-order valence-corrected chi connectivity index (χ1v) is 6.39. The molecule has 1 amide bonds. The highest BCUT2D eigenvalue weighted by Gasteiger charge is 2.03. The molecule has 102 valence electrons. The molecule has 3 N–H and O–H groups in total. The Hall–Kier alpha value is -2.46. The summed E-state index contributed by atoms with van der Waals surface area (Å²) in [6, 6.07) is 11.6. The summed E-state index contributed by atoms with van der Waals surface area (Å²) in [5, 5.41) is 2.73. The summed E-state index contributed by atoms with van der Waals surface area (Å²) in [6.07, 6.45) is 4.87. The minimum absolute atomic E-state index is 0.223. The van der Waals surface area contributed by atoms with Crippen LogP contribution < -0.4 is 11.1 Å². The molecule has 0 saturated carbocycles. The van der Waals surface area contributed by atoms with E-state index in [0.29, 0.717) is 12.4 Å². The van der Waals surface area contributed by atoms with Crippen LogP contribution in [0.4, 0.5) is 5.82 Å². The van der Waals surface area contributed by atoms with E-state index < -0.39 is 0 Å². The van der Waals surface area contributed by atoms with Gasteiger partial charge in [0, 0.05) is 24.4 Å². The lowest BCUT2D eigenvalue weighted by molar-refractivity contribution is -0.111. The molecule has 0 atom stereocenters. The standard InChI is InChI=1S/C16H17N3O/c1-12-4-6-13(7-5-12)8-9-15(20)19-16-14(11-17)3-2-10-18-16/h2-10H,11,17H2,1H3,(H,18,19,20)/b9-8+. The Bertz CT molecular complexity index is 618. The minimum Gasteiger partial charge on any atom is -0.326 e. The molecule has 1 heterocycles. The van der Waals surface area contributed by atoms with Crippen molar-refractivity contribution in [3.8, 4) is 0 Å². The van der Waals surface area contributed by atoms with E-state index in [4.69, 9.17) is 5.73 Å². The molecule has 0 spiro atoms. The highest BCUT2D eigenvalue weighted by molar-refractivity contribution is 6.01. The van der Waals surface area contributed by atoms with Gasteiger partial charge in [-0.3, -0.25) is 4.79 Å². The molecule has 4 nitrogen and oxygen atoms in total. The van der Waals surface area contributed by atoms with Gasteiger partial charge in [0.15, 0.2) is 0 Å². The average Bonchev–Trinajstić information content (AvgIpc) is 2.47. The molecule has 0 fully saturated rings. The van der Waals surface area contributed by atoms with E-state index in [9.17, 15) is 4.79 Å². The zero-order valence-corrected chi connectivity index (χ0v) is 11.3. The van der Waals surface area contributed by atoms with Crippen LogP contribution in [0, 0.1) is 6.92 Å². The third-order valence-corrected chi connectivity index (χ3v) is 2.86. The number of rotatable bonds is 4. The molecule has 2 rings (SSSR count). The maximum Gasteiger partial charge on any atom is 0.249 e. The minimum atomic E-state index is -0.223. The molecular weight excluding hydrogens is 250 g/mol. The van der Waals surface area contributed by atoms with Gasteiger partial charge in [0.1, 0.15) is 5.82 Å². The zero-order valence-electron chi connectivity index (χ0n) is 11.3. The van der Waals surface area contributed by atoms with Crippen molar-refractivity contribution in [2.75, 3.05) is 5.32 Å². The first-order chi connectivity index (χ1) is 9.69. The van der Waals surface area contributed by atoms with Crippen LogP contribution in [-0.2, 0) is 11.3 Å². The molecule has 1 aromatic carbocycles. The van der Waals surface area contributed by atoms with Crippen molar-refractivity contribution in [3.05, 3.63) is 65.4 Å². The van der Waals surface area contributed by atoms with E-state index in [-0.39, 0.29) is 5.91 Å². The fraction of sp³-hybridized carbons (Fsp3) is 0.125. The largest absolute Gasteiger partial charge is 0.326 e. The monoisotopic (exact) mass is 267 g/mol. The Morgan fingerprint density at radius 1 is 1.30 bits per heavy atom. The maximum atomic E-state index is 11.8. The van der Waals surface area contributed by atoms with Crippen molar-refractivity contribution in [1.82, 2.24) is 4.98 Å². The van der Waals surface area contributed by atoms with E-state index in [0.717, 1.165) is 11.1 Å². The van der Waals surface area contributed by atoms with Crippen LogP contribution in [0.15, 0.2) is 48.7 Å². The molecule has 1 aromatic heterocycles. The first kappa shape index (κ1) is 14.0. The number of hydrogen-bond acceptors (Lipinski definition) is 3. The number of benzene rings is 1. The zero-order chi connectivity index (χ0) is 14.4. The van der Waals surface area contributed by atoms with Crippen LogP contribution in [0.2, 0.25) is 0 Å². The van der Waals surface area contributed by atoms with Crippen LogP contribution in [-0.4, -0.2) is 10.9 Å². The van der Waals surface area contributed by atoms with Crippen LogP contribution in [0.3, 0.4) is 0 Å². The molecule has 0 aliphatic rings. The van der Waals surface area contributed by atoms with Crippen LogP contribution in [0.1, 0.15) is 16.7 Å². The lowest BCUT2D eigenvalue weighted by Crippen LogP contribution is -2.12. The van der Waals surface area contributed by atoms with Gasteiger partial charge in [0.25, 0.3) is 0 Å². The Balaban J connectivity index is 2.03. The number of aromatic nitrogens is 1. The molecule has 0 aliphatic heterocycles. The van der Waals surface area contributed by atoms with E-state index >= 15 is 0 Å². The van der Waals surface area contributed by atoms with Gasteiger partial charge in [-0.15, -0.1) is 0 Å². The van der Waals surface area contributed by atoms with Crippen LogP contribution in [0.5, 0.6) is 0 Å². The van der Waals surface area contributed by atoms with Crippen molar-refractivity contribution in [3.63, 3.8) is 0 Å². The third kappa shape index (κ3) is 3.76. The summed E-state index contributed by atoms with van der Waals surface area (Å²) in [7, 11) is 0. The molecule has 0 bridgehead atoms. The summed E-state index contributed by atoms with van der Waals surface area (Å²) >= 11 is 0. The second kappa shape index (κ2) is 6.63.